The fraction of sp³-hybridized carbons (Fsp3) is 0. The zero-order valence-corrected chi connectivity index (χ0v) is 4.67. The van der Waals surface area contributed by atoms with Gasteiger partial charge in [0.25, 0.3) is 0 Å². The second-order valence-electron chi connectivity index (χ2n) is 1.68. The average molecular weight is 104 g/mol. The summed E-state index contributed by atoms with van der Waals surface area (Å²) >= 11 is 0. The molecule has 40 valence electrons. The van der Waals surface area contributed by atoms with Gasteiger partial charge in [0.05, 0.1) is 0 Å². The standard InChI is InChI=1S/C8H8/c1-8-6-4-2-3-5-7-8/h2-7H,1H2. The zero-order chi connectivity index (χ0) is 5.82. The Hall–Kier alpha value is -1.04. The molecule has 0 unspecified atom stereocenters. The molecule has 0 aliphatic heterocycles. The van der Waals surface area contributed by atoms with Crippen LogP contribution in [0.4, 0.5) is 0 Å². The van der Waals surface area contributed by atoms with E-state index >= 15 is 0 Å². The highest BCUT2D eigenvalue weighted by molar-refractivity contribution is 5.34. The molecule has 0 nitrogen and oxygen atoms in total. The van der Waals surface area contributed by atoms with Crippen LogP contribution in [0.25, 0.3) is 0 Å². The molecule has 0 fully saturated rings. The van der Waals surface area contributed by atoms with Gasteiger partial charge in [-0.1, -0.05) is 43.0 Å². The molecule has 0 aromatic rings. The average Bonchev–Trinajstić information content (AvgIpc) is 1.94. The van der Waals surface area contributed by atoms with Crippen molar-refractivity contribution in [2.75, 3.05) is 0 Å². The van der Waals surface area contributed by atoms with Gasteiger partial charge in [-0.15, -0.1) is 0 Å². The van der Waals surface area contributed by atoms with Crippen LogP contribution in [0.5, 0.6) is 0 Å². The predicted molar refractivity (Wildman–Crippen MR) is 36.6 cm³/mol. The van der Waals surface area contributed by atoms with Crippen molar-refractivity contribution < 1.29 is 0 Å². The third-order valence-electron chi connectivity index (χ3n) is 0.954. The third kappa shape index (κ3) is 1.23. The highest BCUT2D eigenvalue weighted by Gasteiger charge is 1.78. The summed E-state index contributed by atoms with van der Waals surface area (Å²) in [6.07, 6.45) is 11.9. The van der Waals surface area contributed by atoms with Crippen molar-refractivity contribution in [3.05, 3.63) is 48.6 Å². The van der Waals surface area contributed by atoms with E-state index in [-0.39, 0.29) is 0 Å². The molecule has 0 N–H and O–H groups in total. The third-order valence-corrected chi connectivity index (χ3v) is 0.954. The number of allylic oxidation sites excluding steroid dienone is 7. The molecule has 0 heterocycles. The Morgan fingerprint density at radius 1 is 0.875 bits per heavy atom. The summed E-state index contributed by atoms with van der Waals surface area (Å²) in [6, 6.07) is 0. The normalized spacial score (nSPS) is 16.8. The van der Waals surface area contributed by atoms with Gasteiger partial charge in [0, 0.05) is 0 Å². The van der Waals surface area contributed by atoms with E-state index < -0.39 is 0 Å². The maximum absolute atomic E-state index is 3.76. The predicted octanol–water partition coefficient (Wildman–Crippen LogP) is 2.22. The first-order chi connectivity index (χ1) is 3.89. The summed E-state index contributed by atoms with van der Waals surface area (Å²) in [7, 11) is 0. The second kappa shape index (κ2) is 2.31. The topological polar surface area (TPSA) is 0 Å². The molecule has 0 saturated heterocycles. The summed E-state index contributed by atoms with van der Waals surface area (Å²) in [5, 5.41) is 0. The van der Waals surface area contributed by atoms with E-state index in [0.29, 0.717) is 0 Å². The van der Waals surface area contributed by atoms with Crippen LogP contribution >= 0.6 is 0 Å². The van der Waals surface area contributed by atoms with E-state index in [9.17, 15) is 0 Å². The fourth-order valence-corrected chi connectivity index (χ4v) is 0.542. The van der Waals surface area contributed by atoms with Crippen molar-refractivity contribution in [1.29, 1.82) is 0 Å². The second-order valence-corrected chi connectivity index (χ2v) is 1.68. The lowest BCUT2D eigenvalue weighted by Crippen LogP contribution is -1.59. The quantitative estimate of drug-likeness (QED) is 0.442. The Labute approximate surface area is 49.5 Å². The molecule has 0 saturated carbocycles. The number of rotatable bonds is 0. The van der Waals surface area contributed by atoms with Crippen molar-refractivity contribution in [1.82, 2.24) is 0 Å². The first-order valence-electron chi connectivity index (χ1n) is 2.60. The van der Waals surface area contributed by atoms with Crippen LogP contribution in [0.1, 0.15) is 0 Å². The molecule has 8 heavy (non-hydrogen) atoms. The summed E-state index contributed by atoms with van der Waals surface area (Å²) in [5.74, 6) is 0. The van der Waals surface area contributed by atoms with Gasteiger partial charge in [-0.05, 0) is 5.57 Å². The molecule has 0 amide bonds. The van der Waals surface area contributed by atoms with Crippen molar-refractivity contribution in [3.8, 4) is 0 Å². The molecule has 1 aliphatic rings. The lowest BCUT2D eigenvalue weighted by Gasteiger charge is -1.79. The van der Waals surface area contributed by atoms with E-state index in [0.717, 1.165) is 5.57 Å². The van der Waals surface area contributed by atoms with Crippen LogP contribution in [0.3, 0.4) is 0 Å². The van der Waals surface area contributed by atoms with Gasteiger partial charge in [0.1, 0.15) is 0 Å². The number of hydrogen-bond acceptors (Lipinski definition) is 0. The van der Waals surface area contributed by atoms with Crippen LogP contribution in [0.15, 0.2) is 48.6 Å². The minimum absolute atomic E-state index is 1.05. The van der Waals surface area contributed by atoms with E-state index in [2.05, 4.69) is 6.58 Å². The molecule has 1 aliphatic carbocycles. The lowest BCUT2D eigenvalue weighted by molar-refractivity contribution is 1.77. The Kier molecular flexibility index (Phi) is 1.48. The molecule has 0 aromatic carbocycles. The van der Waals surface area contributed by atoms with Gasteiger partial charge in [0.15, 0.2) is 0 Å². The molecular formula is C8H8. The first kappa shape index (κ1) is 5.10. The molecule has 0 heteroatoms. The van der Waals surface area contributed by atoms with E-state index in [1.54, 1.807) is 0 Å². The monoisotopic (exact) mass is 104 g/mol. The van der Waals surface area contributed by atoms with Gasteiger partial charge in [-0.25, -0.2) is 0 Å². The molecule has 0 radical (unpaired) electrons. The largest absolute Gasteiger partial charge is 0.0918 e. The SMILES string of the molecule is C=C1C=CC=CC=C1. The highest BCUT2D eigenvalue weighted by Crippen LogP contribution is 1.99. The van der Waals surface area contributed by atoms with Crippen molar-refractivity contribution >= 4 is 0 Å². The van der Waals surface area contributed by atoms with Crippen LogP contribution in [0, 0.1) is 0 Å². The Morgan fingerprint density at radius 3 is 1.88 bits per heavy atom. The summed E-state index contributed by atoms with van der Waals surface area (Å²) in [6.45, 7) is 3.76. The van der Waals surface area contributed by atoms with Gasteiger partial charge in [-0.2, -0.15) is 0 Å². The minimum Gasteiger partial charge on any atom is -0.0918 e. The van der Waals surface area contributed by atoms with E-state index in [1.165, 1.54) is 0 Å². The van der Waals surface area contributed by atoms with Crippen LogP contribution in [-0.2, 0) is 0 Å². The van der Waals surface area contributed by atoms with E-state index in [1.807, 2.05) is 36.5 Å². The molecule has 0 spiro atoms. The molecule has 1 rings (SSSR count). The molecule has 0 aromatic heterocycles. The van der Waals surface area contributed by atoms with Crippen molar-refractivity contribution in [2.24, 2.45) is 0 Å². The maximum Gasteiger partial charge on any atom is -0.0329 e. The highest BCUT2D eigenvalue weighted by atomic mass is 13.8. The minimum atomic E-state index is 1.05. The van der Waals surface area contributed by atoms with E-state index in [4.69, 9.17) is 0 Å². The van der Waals surface area contributed by atoms with Gasteiger partial charge in [0.2, 0.25) is 0 Å². The van der Waals surface area contributed by atoms with Crippen LogP contribution in [-0.4, -0.2) is 0 Å². The lowest BCUT2D eigenvalue weighted by atomic mass is 10.3. The maximum atomic E-state index is 3.76. The van der Waals surface area contributed by atoms with Crippen LogP contribution < -0.4 is 0 Å². The Balaban J connectivity index is 2.81. The summed E-state index contributed by atoms with van der Waals surface area (Å²) in [5.41, 5.74) is 1.05. The Bertz CT molecular complexity index is 150. The Morgan fingerprint density at radius 2 is 1.38 bits per heavy atom. The summed E-state index contributed by atoms with van der Waals surface area (Å²) < 4.78 is 0. The van der Waals surface area contributed by atoms with Gasteiger partial charge in [-0.3, -0.25) is 0 Å². The van der Waals surface area contributed by atoms with Crippen molar-refractivity contribution in [2.45, 2.75) is 0 Å². The molecule has 0 atom stereocenters. The van der Waals surface area contributed by atoms with Gasteiger partial charge >= 0.3 is 0 Å². The zero-order valence-electron chi connectivity index (χ0n) is 4.67. The first-order valence-corrected chi connectivity index (χ1v) is 2.60. The molecular weight excluding hydrogens is 96.1 g/mol. The smallest absolute Gasteiger partial charge is 0.0329 e. The molecule has 0 bridgehead atoms. The van der Waals surface area contributed by atoms with Crippen molar-refractivity contribution in [3.63, 3.8) is 0 Å². The van der Waals surface area contributed by atoms with Gasteiger partial charge < -0.3 is 0 Å². The fourth-order valence-electron chi connectivity index (χ4n) is 0.542. The van der Waals surface area contributed by atoms with Crippen LogP contribution in [0.2, 0.25) is 0 Å². The number of hydrogen-bond donors (Lipinski definition) is 0. The summed E-state index contributed by atoms with van der Waals surface area (Å²) in [4.78, 5) is 0.